The molecule has 0 heterocycles. The molecular weight excluding hydrogens is 201 g/mol. The van der Waals surface area contributed by atoms with Crippen molar-refractivity contribution in [3.8, 4) is 0 Å². The first-order valence-electron chi connectivity index (χ1n) is 4.66. The van der Waals surface area contributed by atoms with Gasteiger partial charge in [-0.25, -0.2) is 4.39 Å². The first kappa shape index (κ1) is 8.77. The second-order valence-electron chi connectivity index (χ2n) is 3.74. The third-order valence-electron chi connectivity index (χ3n) is 2.89. The van der Waals surface area contributed by atoms with Crippen LogP contribution < -0.4 is 0 Å². The summed E-state index contributed by atoms with van der Waals surface area (Å²) in [5, 5.41) is 1.04. The van der Waals surface area contributed by atoms with Crippen molar-refractivity contribution in [3.63, 3.8) is 0 Å². The highest BCUT2D eigenvalue weighted by atomic mass is 19.3. The Labute approximate surface area is 84.3 Å². The highest BCUT2D eigenvalue weighted by molar-refractivity contribution is 5.92. The number of hydrogen-bond donors (Lipinski definition) is 0. The molecule has 76 valence electrons. The van der Waals surface area contributed by atoms with Crippen molar-refractivity contribution in [2.45, 2.75) is 12.1 Å². The molecule has 3 heteroatoms. The van der Waals surface area contributed by atoms with Crippen LogP contribution in [0.15, 0.2) is 36.4 Å². The van der Waals surface area contributed by atoms with Gasteiger partial charge >= 0.3 is 5.92 Å². The van der Waals surface area contributed by atoms with Crippen LogP contribution >= 0.6 is 0 Å². The monoisotopic (exact) mass is 208 g/mol. The number of hydrogen-bond acceptors (Lipinski definition) is 0. The van der Waals surface area contributed by atoms with E-state index in [0.717, 1.165) is 0 Å². The van der Waals surface area contributed by atoms with E-state index in [4.69, 9.17) is 0 Å². The van der Waals surface area contributed by atoms with E-state index in [9.17, 15) is 13.2 Å². The molecular formula is C12H7F3. The Kier molecular flexibility index (Phi) is 1.48. The van der Waals surface area contributed by atoms with Gasteiger partial charge in [0.05, 0.1) is 0 Å². The molecule has 0 amide bonds. The molecule has 1 aliphatic carbocycles. The van der Waals surface area contributed by atoms with Crippen LogP contribution in [0.2, 0.25) is 0 Å². The maximum absolute atomic E-state index is 13.5. The molecule has 2 aromatic rings. The summed E-state index contributed by atoms with van der Waals surface area (Å²) in [6.07, 6.45) is -2.21. The van der Waals surface area contributed by atoms with Crippen LogP contribution in [0.5, 0.6) is 0 Å². The lowest BCUT2D eigenvalue weighted by atomic mass is 10.1. The summed E-state index contributed by atoms with van der Waals surface area (Å²) in [5.41, 5.74) is -0.0869. The largest absolute Gasteiger partial charge is 0.308 e. The lowest BCUT2D eigenvalue weighted by Crippen LogP contribution is -2.14. The van der Waals surface area contributed by atoms with E-state index in [1.54, 1.807) is 18.2 Å². The predicted molar refractivity (Wildman–Crippen MR) is 51.7 cm³/mol. The van der Waals surface area contributed by atoms with Gasteiger partial charge in [0.15, 0.2) is 6.17 Å². The molecule has 0 saturated carbocycles. The highest BCUT2D eigenvalue weighted by Crippen LogP contribution is 2.53. The summed E-state index contributed by atoms with van der Waals surface area (Å²) in [6, 6.07) is 9.30. The molecule has 15 heavy (non-hydrogen) atoms. The molecule has 0 N–H and O–H groups in total. The van der Waals surface area contributed by atoms with Gasteiger partial charge in [-0.2, -0.15) is 8.78 Å². The predicted octanol–water partition coefficient (Wildman–Crippen LogP) is 3.96. The molecule has 0 unspecified atom stereocenters. The topological polar surface area (TPSA) is 0 Å². The van der Waals surface area contributed by atoms with Crippen molar-refractivity contribution < 1.29 is 13.2 Å². The fourth-order valence-electron chi connectivity index (χ4n) is 2.19. The lowest BCUT2D eigenvalue weighted by molar-refractivity contribution is -0.0731. The Balaban J connectivity index is 2.51. The maximum Gasteiger partial charge on any atom is 0.308 e. The minimum atomic E-state index is -3.39. The lowest BCUT2D eigenvalue weighted by Gasteiger charge is -2.13. The van der Waals surface area contributed by atoms with Gasteiger partial charge in [-0.15, -0.1) is 0 Å². The number of rotatable bonds is 0. The van der Waals surface area contributed by atoms with Gasteiger partial charge in [-0.1, -0.05) is 36.4 Å². The Morgan fingerprint density at radius 3 is 2.40 bits per heavy atom. The quantitative estimate of drug-likeness (QED) is 0.614. The zero-order valence-electron chi connectivity index (χ0n) is 7.68. The van der Waals surface area contributed by atoms with Crippen LogP contribution in [0.3, 0.4) is 0 Å². The molecule has 0 saturated heterocycles. The average molecular weight is 208 g/mol. The smallest absolute Gasteiger partial charge is 0.235 e. The van der Waals surface area contributed by atoms with Crippen LogP contribution in [0, 0.1) is 0 Å². The number of alkyl halides is 3. The van der Waals surface area contributed by atoms with E-state index in [1.807, 2.05) is 0 Å². The van der Waals surface area contributed by atoms with Crippen molar-refractivity contribution in [1.82, 2.24) is 0 Å². The van der Waals surface area contributed by atoms with Crippen LogP contribution in [0.4, 0.5) is 13.2 Å². The summed E-state index contributed by atoms with van der Waals surface area (Å²) in [6.45, 7) is 0. The average Bonchev–Trinajstić information content (AvgIpc) is 2.43. The Bertz CT molecular complexity index is 540. The molecule has 1 atom stereocenters. The molecule has 2 aromatic carbocycles. The Morgan fingerprint density at radius 2 is 1.67 bits per heavy atom. The standard InChI is InChI=1S/C12H7F3/c13-11-8-5-1-3-7-4-2-6-9(10(7)8)12(11,14)15/h1-6,11H/t11-/m0/s1. The summed E-state index contributed by atoms with van der Waals surface area (Å²) < 4.78 is 40.6. The molecule has 0 aromatic heterocycles. The highest BCUT2D eigenvalue weighted by Gasteiger charge is 2.50. The van der Waals surface area contributed by atoms with Gasteiger partial charge < -0.3 is 0 Å². The van der Waals surface area contributed by atoms with Crippen LogP contribution in [0.25, 0.3) is 10.8 Å². The third-order valence-corrected chi connectivity index (χ3v) is 2.89. The number of benzene rings is 2. The molecule has 0 nitrogen and oxygen atoms in total. The van der Waals surface area contributed by atoms with Crippen LogP contribution in [-0.2, 0) is 5.92 Å². The molecule has 0 aliphatic heterocycles. The molecule has 1 aliphatic rings. The fourth-order valence-corrected chi connectivity index (χ4v) is 2.19. The SMILES string of the molecule is F[C@H]1c2cccc3cccc(c23)C1(F)F. The summed E-state index contributed by atoms with van der Waals surface area (Å²) in [4.78, 5) is 0. The van der Waals surface area contributed by atoms with Crippen molar-refractivity contribution in [2.75, 3.05) is 0 Å². The van der Waals surface area contributed by atoms with Crippen molar-refractivity contribution >= 4 is 10.8 Å². The first-order valence-corrected chi connectivity index (χ1v) is 4.66. The van der Waals surface area contributed by atoms with E-state index in [0.29, 0.717) is 10.8 Å². The molecule has 0 radical (unpaired) electrons. The van der Waals surface area contributed by atoms with Crippen LogP contribution in [0.1, 0.15) is 17.3 Å². The second-order valence-corrected chi connectivity index (χ2v) is 3.74. The molecule has 0 fully saturated rings. The van der Waals surface area contributed by atoms with E-state index < -0.39 is 12.1 Å². The minimum absolute atomic E-state index is 0.105. The Morgan fingerprint density at radius 1 is 1.00 bits per heavy atom. The van der Waals surface area contributed by atoms with Crippen LogP contribution in [-0.4, -0.2) is 0 Å². The summed E-state index contributed by atoms with van der Waals surface area (Å²) in [5.74, 6) is -3.39. The van der Waals surface area contributed by atoms with E-state index in [1.165, 1.54) is 18.2 Å². The molecule has 3 rings (SSSR count). The van der Waals surface area contributed by atoms with Crippen molar-refractivity contribution in [3.05, 3.63) is 47.5 Å². The van der Waals surface area contributed by atoms with Gasteiger partial charge in [0.1, 0.15) is 0 Å². The van der Waals surface area contributed by atoms with Gasteiger partial charge in [-0.05, 0) is 10.8 Å². The maximum atomic E-state index is 13.5. The minimum Gasteiger partial charge on any atom is -0.235 e. The van der Waals surface area contributed by atoms with E-state index in [-0.39, 0.29) is 11.1 Å². The normalized spacial score (nSPS) is 22.2. The third kappa shape index (κ3) is 0.928. The van der Waals surface area contributed by atoms with Gasteiger partial charge in [0, 0.05) is 11.1 Å². The number of halogens is 3. The second kappa shape index (κ2) is 2.54. The fraction of sp³-hybridized carbons (Fsp3) is 0.167. The van der Waals surface area contributed by atoms with Crippen molar-refractivity contribution in [1.29, 1.82) is 0 Å². The molecule has 0 spiro atoms. The zero-order chi connectivity index (χ0) is 10.6. The first-order chi connectivity index (χ1) is 7.12. The molecule has 0 bridgehead atoms. The van der Waals surface area contributed by atoms with Crippen molar-refractivity contribution in [2.24, 2.45) is 0 Å². The summed E-state index contributed by atoms with van der Waals surface area (Å²) >= 11 is 0. The van der Waals surface area contributed by atoms with Gasteiger partial charge in [0.25, 0.3) is 0 Å². The Hall–Kier alpha value is -1.51. The summed E-state index contributed by atoms with van der Waals surface area (Å²) in [7, 11) is 0. The van der Waals surface area contributed by atoms with Gasteiger partial charge in [0.2, 0.25) is 0 Å². The van der Waals surface area contributed by atoms with Gasteiger partial charge in [-0.3, -0.25) is 0 Å². The zero-order valence-corrected chi connectivity index (χ0v) is 7.68. The van der Waals surface area contributed by atoms with E-state index in [2.05, 4.69) is 0 Å². The van der Waals surface area contributed by atoms with E-state index >= 15 is 0 Å².